The molecule has 0 aromatic carbocycles. The maximum Gasteiger partial charge on any atom is 0.362 e. The van der Waals surface area contributed by atoms with E-state index in [2.05, 4.69) is 17.7 Å². The Hall–Kier alpha value is -1.40. The van der Waals surface area contributed by atoms with Gasteiger partial charge in [-0.3, -0.25) is 4.79 Å². The molecule has 0 saturated carbocycles. The van der Waals surface area contributed by atoms with Gasteiger partial charge in [-0.05, 0) is 38.5 Å². The molecule has 0 bridgehead atoms. The van der Waals surface area contributed by atoms with E-state index in [1.54, 1.807) is 0 Å². The van der Waals surface area contributed by atoms with E-state index < -0.39 is 12.2 Å². The van der Waals surface area contributed by atoms with Crippen LogP contribution in [0.2, 0.25) is 0 Å². The minimum atomic E-state index is -0.659. The second-order valence-electron chi connectivity index (χ2n) is 9.13. The van der Waals surface area contributed by atoms with Gasteiger partial charge >= 0.3 is 11.9 Å². The van der Waals surface area contributed by atoms with Crippen molar-refractivity contribution in [3.8, 4) is 0 Å². The lowest BCUT2D eigenvalue weighted by molar-refractivity contribution is -0.862. The molecule has 6 nitrogen and oxygen atoms in total. The van der Waals surface area contributed by atoms with Crippen LogP contribution in [0, 0.1) is 0 Å². The van der Waals surface area contributed by atoms with Crippen molar-refractivity contribution in [1.29, 1.82) is 0 Å². The molecule has 0 rings (SSSR count). The van der Waals surface area contributed by atoms with Crippen molar-refractivity contribution < 1.29 is 28.7 Å². The Morgan fingerprint density at radius 1 is 0.933 bits per heavy atom. The first-order valence-corrected chi connectivity index (χ1v) is 11.6. The minimum Gasteiger partial charge on any atom is -0.469 e. The number of aliphatic hydroxyl groups excluding tert-OH is 1. The molecule has 0 radical (unpaired) electrons. The number of carbonyl (C=O) groups excluding carboxylic acids is 2. The molecule has 2 atom stereocenters. The molecular formula is C24H46NO5+. The van der Waals surface area contributed by atoms with E-state index in [0.29, 0.717) is 30.3 Å². The van der Waals surface area contributed by atoms with Gasteiger partial charge in [0.15, 0.2) is 6.54 Å². The van der Waals surface area contributed by atoms with Crippen molar-refractivity contribution in [2.75, 3.05) is 34.8 Å². The lowest BCUT2D eigenvalue weighted by Crippen LogP contribution is -2.42. The number of nitrogens with zero attached hydrogens (tertiary/aromatic N) is 1. The zero-order valence-corrected chi connectivity index (χ0v) is 20.0. The Bertz CT molecular complexity index is 484. The second kappa shape index (κ2) is 17.3. The van der Waals surface area contributed by atoms with Crippen LogP contribution in [0.15, 0.2) is 12.2 Å². The van der Waals surface area contributed by atoms with E-state index in [0.717, 1.165) is 57.8 Å². The monoisotopic (exact) mass is 428 g/mol. The number of likely N-dealkylation sites (N-methyl/N-ethyl adjacent to an activating group) is 1. The van der Waals surface area contributed by atoms with Gasteiger partial charge in [0.05, 0.1) is 34.4 Å². The van der Waals surface area contributed by atoms with Crippen molar-refractivity contribution in [2.45, 2.75) is 96.2 Å². The largest absolute Gasteiger partial charge is 0.469 e. The Morgan fingerprint density at radius 2 is 1.60 bits per heavy atom. The van der Waals surface area contributed by atoms with Crippen LogP contribution in [-0.2, 0) is 19.1 Å². The molecule has 0 saturated heterocycles. The van der Waals surface area contributed by atoms with Crippen LogP contribution in [0.25, 0.3) is 0 Å². The minimum absolute atomic E-state index is 0.132. The zero-order valence-electron chi connectivity index (χ0n) is 20.0. The SMILES string of the molecule is CCCCCC(OC(=O)C[N+](C)(C)C)C(O)C/C=C/CCCCCCCC(=O)OC. The van der Waals surface area contributed by atoms with E-state index in [1.807, 2.05) is 27.2 Å². The molecule has 0 aliphatic carbocycles. The van der Waals surface area contributed by atoms with E-state index in [1.165, 1.54) is 7.11 Å². The number of allylic oxidation sites excluding steroid dienone is 1. The van der Waals surface area contributed by atoms with E-state index in [9.17, 15) is 14.7 Å². The summed E-state index contributed by atoms with van der Waals surface area (Å²) in [5.41, 5.74) is 0. The standard InChI is InChI=1S/C24H46NO5/c1-6-7-14-18-22(30-24(28)20-25(2,3)4)21(26)17-15-12-10-8-9-11-13-16-19-23(27)29-5/h12,15,21-22,26H,6-11,13-14,16-20H2,1-5H3/q+1/b15-12+. The summed E-state index contributed by atoms with van der Waals surface area (Å²) in [4.78, 5) is 23.2. The van der Waals surface area contributed by atoms with Gasteiger partial charge in [-0.1, -0.05) is 51.2 Å². The number of aliphatic hydroxyl groups is 1. The number of rotatable bonds is 18. The molecule has 0 amide bonds. The fourth-order valence-electron chi connectivity index (χ4n) is 3.19. The quantitative estimate of drug-likeness (QED) is 0.152. The fraction of sp³-hybridized carbons (Fsp3) is 0.833. The van der Waals surface area contributed by atoms with Gasteiger partial charge in [0.1, 0.15) is 6.10 Å². The Morgan fingerprint density at radius 3 is 2.23 bits per heavy atom. The summed E-state index contributed by atoms with van der Waals surface area (Å²) in [6.07, 6.45) is 14.1. The average molecular weight is 429 g/mol. The third-order valence-corrected chi connectivity index (χ3v) is 4.93. The lowest BCUT2D eigenvalue weighted by Gasteiger charge is -2.26. The highest BCUT2D eigenvalue weighted by molar-refractivity contribution is 5.70. The number of hydrogen-bond acceptors (Lipinski definition) is 5. The topological polar surface area (TPSA) is 72.8 Å². The zero-order chi connectivity index (χ0) is 22.8. The molecule has 1 N–H and O–H groups in total. The maximum absolute atomic E-state index is 12.2. The number of quaternary nitrogens is 1. The predicted molar refractivity (Wildman–Crippen MR) is 121 cm³/mol. The molecule has 0 aromatic rings. The summed E-state index contributed by atoms with van der Waals surface area (Å²) >= 11 is 0. The van der Waals surface area contributed by atoms with Crippen LogP contribution in [-0.4, -0.2) is 68.5 Å². The molecule has 0 spiro atoms. The molecule has 2 unspecified atom stereocenters. The normalized spacial score (nSPS) is 13.9. The Balaban J connectivity index is 4.16. The van der Waals surface area contributed by atoms with Crippen LogP contribution in [0.3, 0.4) is 0 Å². The third kappa shape index (κ3) is 17.5. The van der Waals surface area contributed by atoms with Gasteiger partial charge < -0.3 is 19.1 Å². The molecule has 0 fully saturated rings. The number of methoxy groups -OCH3 is 1. The first-order chi connectivity index (χ1) is 14.2. The number of ether oxygens (including phenoxy) is 2. The van der Waals surface area contributed by atoms with Gasteiger partial charge in [0.2, 0.25) is 0 Å². The van der Waals surface area contributed by atoms with Crippen molar-refractivity contribution in [2.24, 2.45) is 0 Å². The summed E-state index contributed by atoms with van der Waals surface area (Å²) in [5, 5.41) is 10.5. The van der Waals surface area contributed by atoms with Crippen LogP contribution >= 0.6 is 0 Å². The van der Waals surface area contributed by atoms with E-state index in [4.69, 9.17) is 4.74 Å². The van der Waals surface area contributed by atoms with Crippen LogP contribution in [0.5, 0.6) is 0 Å². The van der Waals surface area contributed by atoms with E-state index >= 15 is 0 Å². The van der Waals surface area contributed by atoms with Crippen LogP contribution in [0.1, 0.15) is 84.0 Å². The molecule has 6 heteroatoms. The molecule has 0 aromatic heterocycles. The number of esters is 2. The van der Waals surface area contributed by atoms with Crippen molar-refractivity contribution in [3.63, 3.8) is 0 Å². The molecular weight excluding hydrogens is 382 g/mol. The van der Waals surface area contributed by atoms with Gasteiger partial charge in [0.25, 0.3) is 0 Å². The predicted octanol–water partition coefficient (Wildman–Crippen LogP) is 4.40. The van der Waals surface area contributed by atoms with Gasteiger partial charge in [-0.15, -0.1) is 0 Å². The summed E-state index contributed by atoms with van der Waals surface area (Å²) in [5.74, 6) is -0.383. The number of hydrogen-bond donors (Lipinski definition) is 1. The number of unbranched alkanes of at least 4 members (excludes halogenated alkanes) is 7. The lowest BCUT2D eigenvalue weighted by atomic mass is 10.0. The highest BCUT2D eigenvalue weighted by atomic mass is 16.6. The fourth-order valence-corrected chi connectivity index (χ4v) is 3.19. The van der Waals surface area contributed by atoms with Gasteiger partial charge in [-0.25, -0.2) is 4.79 Å². The second-order valence-corrected chi connectivity index (χ2v) is 9.13. The first kappa shape index (κ1) is 28.6. The number of carbonyl (C=O) groups is 2. The van der Waals surface area contributed by atoms with Crippen LogP contribution < -0.4 is 0 Å². The molecule has 0 aliphatic heterocycles. The summed E-state index contributed by atoms with van der Waals surface area (Å²) < 4.78 is 10.8. The van der Waals surface area contributed by atoms with Crippen molar-refractivity contribution in [3.05, 3.63) is 12.2 Å². The highest BCUT2D eigenvalue weighted by Gasteiger charge is 2.25. The smallest absolute Gasteiger partial charge is 0.362 e. The third-order valence-electron chi connectivity index (χ3n) is 4.93. The van der Waals surface area contributed by atoms with Crippen molar-refractivity contribution in [1.82, 2.24) is 0 Å². The van der Waals surface area contributed by atoms with Crippen LogP contribution in [0.4, 0.5) is 0 Å². The van der Waals surface area contributed by atoms with E-state index in [-0.39, 0.29) is 11.9 Å². The Labute approximate surface area is 184 Å². The van der Waals surface area contributed by atoms with Gasteiger partial charge in [-0.2, -0.15) is 0 Å². The summed E-state index contributed by atoms with van der Waals surface area (Å²) in [6, 6.07) is 0. The summed E-state index contributed by atoms with van der Waals surface area (Å²) in [7, 11) is 7.27. The molecule has 0 heterocycles. The maximum atomic E-state index is 12.2. The van der Waals surface area contributed by atoms with Crippen molar-refractivity contribution >= 4 is 11.9 Å². The van der Waals surface area contributed by atoms with Gasteiger partial charge in [0, 0.05) is 6.42 Å². The average Bonchev–Trinajstić information content (AvgIpc) is 2.66. The molecule has 30 heavy (non-hydrogen) atoms. The molecule has 176 valence electrons. The summed E-state index contributed by atoms with van der Waals surface area (Å²) in [6.45, 7) is 2.43. The molecule has 0 aliphatic rings. The highest BCUT2D eigenvalue weighted by Crippen LogP contribution is 2.15. The first-order valence-electron chi connectivity index (χ1n) is 11.6. The Kier molecular flexibility index (Phi) is 16.5.